The fourth-order valence-electron chi connectivity index (χ4n) is 4.29. The number of methoxy groups -OCH3 is 1. The van der Waals surface area contributed by atoms with Crippen LogP contribution in [0, 0.1) is 11.2 Å². The monoisotopic (exact) mass is 525 g/mol. The van der Waals surface area contributed by atoms with E-state index in [1.54, 1.807) is 18.2 Å². The third-order valence-electron chi connectivity index (χ3n) is 6.09. The molecular weight excluding hydrogens is 493 g/mol. The Kier molecular flexibility index (Phi) is 8.72. The molecule has 0 saturated carbocycles. The molecule has 1 aliphatic rings. The number of aliphatic hydroxyl groups is 1. The van der Waals surface area contributed by atoms with Crippen LogP contribution >= 0.6 is 11.8 Å². The molecule has 35 heavy (non-hydrogen) atoms. The van der Waals surface area contributed by atoms with Crippen molar-refractivity contribution in [2.24, 2.45) is 5.41 Å². The van der Waals surface area contributed by atoms with Crippen LogP contribution in [0.5, 0.6) is 5.75 Å². The number of unbranched alkanes of at least 4 members (excludes halogenated alkanes) is 1. The van der Waals surface area contributed by atoms with Gasteiger partial charge in [0.1, 0.15) is 18.2 Å². The van der Waals surface area contributed by atoms with Gasteiger partial charge >= 0.3 is 5.97 Å². The van der Waals surface area contributed by atoms with Gasteiger partial charge in [0.15, 0.2) is 15.9 Å². The molecular formula is C25H32FNO6S2. The van der Waals surface area contributed by atoms with E-state index in [4.69, 9.17) is 4.74 Å². The number of fused-ring (bicyclic) bond motifs is 1. The number of rotatable bonds is 9. The third-order valence-corrected chi connectivity index (χ3v) is 8.92. The Morgan fingerprint density at radius 2 is 1.97 bits per heavy atom. The molecule has 0 amide bonds. The van der Waals surface area contributed by atoms with Crippen molar-refractivity contribution in [3.8, 4) is 5.75 Å². The molecule has 1 aliphatic heterocycles. The summed E-state index contributed by atoms with van der Waals surface area (Å²) >= 11 is 1.35. The lowest BCUT2D eigenvalue weighted by molar-refractivity contribution is -0.151. The minimum atomic E-state index is -3.73. The topological polar surface area (TPSA) is 93.1 Å². The number of aliphatic hydroxyl groups excluding tert-OH is 1. The number of benzene rings is 2. The molecule has 0 spiro atoms. The average Bonchev–Trinajstić information content (AvgIpc) is 2.92. The Labute approximate surface area is 210 Å². The molecule has 0 bridgehead atoms. The van der Waals surface area contributed by atoms with Crippen LogP contribution in [-0.2, 0) is 19.4 Å². The number of thioether (sulfide) groups is 1. The molecule has 10 heteroatoms. The molecule has 2 unspecified atom stereocenters. The molecule has 0 saturated heterocycles. The van der Waals surface area contributed by atoms with E-state index in [-0.39, 0.29) is 28.8 Å². The highest BCUT2D eigenvalue weighted by molar-refractivity contribution is 7.98. The molecule has 2 atom stereocenters. The van der Waals surface area contributed by atoms with Gasteiger partial charge in [0.25, 0.3) is 0 Å². The first kappa shape index (κ1) is 27.3. The van der Waals surface area contributed by atoms with E-state index in [0.29, 0.717) is 22.8 Å². The highest BCUT2D eigenvalue weighted by Crippen LogP contribution is 2.46. The van der Waals surface area contributed by atoms with Crippen molar-refractivity contribution in [3.63, 3.8) is 0 Å². The van der Waals surface area contributed by atoms with Crippen LogP contribution in [-0.4, -0.2) is 57.9 Å². The van der Waals surface area contributed by atoms with Crippen LogP contribution in [0.25, 0.3) is 0 Å². The molecule has 1 N–H and O–H groups in total. The molecule has 2 aromatic rings. The fourth-order valence-corrected chi connectivity index (χ4v) is 6.92. The summed E-state index contributed by atoms with van der Waals surface area (Å²) < 4.78 is 51.2. The zero-order chi connectivity index (χ0) is 25.8. The van der Waals surface area contributed by atoms with Crippen LogP contribution in [0.4, 0.5) is 15.8 Å². The van der Waals surface area contributed by atoms with E-state index in [0.717, 1.165) is 26.4 Å². The number of esters is 1. The Bertz CT molecular complexity index is 1160. The first-order valence-electron chi connectivity index (χ1n) is 11.4. The minimum absolute atomic E-state index is 0.0481. The van der Waals surface area contributed by atoms with Crippen LogP contribution in [0.15, 0.2) is 46.2 Å². The maximum absolute atomic E-state index is 13.7. The third kappa shape index (κ3) is 6.29. The zero-order valence-corrected chi connectivity index (χ0v) is 22.0. The fraction of sp³-hybridized carbons (Fsp3) is 0.480. The standard InChI is InChI=1S/C25H32FNO6S2/c1-5-6-11-25(2)15-27(18-9-7-17(26)8-10-18)19-12-22(34-4)21(13-23(19)35(30,31)16-25)33-14-20(28)24(29)32-3/h7-10,12-13,20,28H,5-6,11,14-16H2,1-4H3. The second-order valence-corrected chi connectivity index (χ2v) is 11.9. The maximum Gasteiger partial charge on any atom is 0.338 e. The summed E-state index contributed by atoms with van der Waals surface area (Å²) in [5, 5.41) is 9.93. The van der Waals surface area contributed by atoms with Gasteiger partial charge in [-0.25, -0.2) is 17.6 Å². The summed E-state index contributed by atoms with van der Waals surface area (Å²) in [7, 11) is -2.57. The van der Waals surface area contributed by atoms with Gasteiger partial charge < -0.3 is 19.5 Å². The van der Waals surface area contributed by atoms with Gasteiger partial charge in [0.2, 0.25) is 0 Å². The maximum atomic E-state index is 13.7. The van der Waals surface area contributed by atoms with Gasteiger partial charge in [0, 0.05) is 18.3 Å². The number of halogens is 1. The van der Waals surface area contributed by atoms with Crippen molar-refractivity contribution >= 4 is 38.9 Å². The predicted octanol–water partition coefficient (Wildman–Crippen LogP) is 4.58. The molecule has 0 fully saturated rings. The quantitative estimate of drug-likeness (QED) is 0.376. The first-order valence-corrected chi connectivity index (χ1v) is 14.3. The summed E-state index contributed by atoms with van der Waals surface area (Å²) in [5.41, 5.74) is 0.639. The van der Waals surface area contributed by atoms with Gasteiger partial charge in [-0.2, -0.15) is 0 Å². The van der Waals surface area contributed by atoms with Crippen LogP contribution in [0.2, 0.25) is 0 Å². The number of nitrogens with zero attached hydrogens (tertiary/aromatic N) is 1. The Hall–Kier alpha value is -2.30. The molecule has 7 nitrogen and oxygen atoms in total. The lowest BCUT2D eigenvalue weighted by Gasteiger charge is -2.34. The number of sulfone groups is 1. The number of ether oxygens (including phenoxy) is 2. The summed E-state index contributed by atoms with van der Waals surface area (Å²) in [6.45, 7) is 4.11. The second-order valence-electron chi connectivity index (χ2n) is 9.06. The van der Waals surface area contributed by atoms with E-state index in [2.05, 4.69) is 11.7 Å². The van der Waals surface area contributed by atoms with Crippen molar-refractivity contribution in [2.75, 3.05) is 37.2 Å². The molecule has 3 rings (SSSR count). The Morgan fingerprint density at radius 1 is 1.29 bits per heavy atom. The summed E-state index contributed by atoms with van der Waals surface area (Å²) in [6, 6.07) is 9.22. The van der Waals surface area contributed by atoms with E-state index in [9.17, 15) is 22.7 Å². The van der Waals surface area contributed by atoms with Crippen molar-refractivity contribution in [1.29, 1.82) is 0 Å². The average molecular weight is 526 g/mol. The number of hydrogen-bond donors (Lipinski definition) is 1. The second kappa shape index (κ2) is 11.2. The normalized spacial score (nSPS) is 20.0. The van der Waals surface area contributed by atoms with Crippen LogP contribution in [0.3, 0.4) is 0 Å². The summed E-state index contributed by atoms with van der Waals surface area (Å²) in [4.78, 5) is 14.2. The minimum Gasteiger partial charge on any atom is -0.489 e. The summed E-state index contributed by atoms with van der Waals surface area (Å²) in [6.07, 6.45) is 2.87. The predicted molar refractivity (Wildman–Crippen MR) is 135 cm³/mol. The largest absolute Gasteiger partial charge is 0.489 e. The summed E-state index contributed by atoms with van der Waals surface area (Å²) in [5.74, 6) is -1.01. The van der Waals surface area contributed by atoms with Gasteiger partial charge in [-0.15, -0.1) is 11.8 Å². The molecule has 2 aromatic carbocycles. The number of anilines is 2. The number of hydrogen-bond acceptors (Lipinski definition) is 8. The van der Waals surface area contributed by atoms with Gasteiger partial charge in [-0.3, -0.25) is 0 Å². The van der Waals surface area contributed by atoms with Crippen molar-refractivity contribution in [3.05, 3.63) is 42.2 Å². The van der Waals surface area contributed by atoms with E-state index in [1.165, 1.54) is 30.0 Å². The van der Waals surface area contributed by atoms with E-state index >= 15 is 0 Å². The first-order chi connectivity index (χ1) is 16.5. The van der Waals surface area contributed by atoms with Crippen LogP contribution in [0.1, 0.15) is 33.1 Å². The van der Waals surface area contributed by atoms with Gasteiger partial charge in [-0.1, -0.05) is 26.7 Å². The highest BCUT2D eigenvalue weighted by Gasteiger charge is 2.40. The van der Waals surface area contributed by atoms with Crippen molar-refractivity contribution in [2.45, 2.75) is 49.0 Å². The van der Waals surface area contributed by atoms with E-state index < -0.39 is 27.3 Å². The van der Waals surface area contributed by atoms with Crippen molar-refractivity contribution in [1.82, 2.24) is 0 Å². The molecule has 192 valence electrons. The number of carbonyl (C=O) groups excluding carboxylic acids is 1. The molecule has 0 aromatic heterocycles. The van der Waals surface area contributed by atoms with Crippen LogP contribution < -0.4 is 9.64 Å². The smallest absolute Gasteiger partial charge is 0.338 e. The van der Waals surface area contributed by atoms with Gasteiger partial charge in [0.05, 0.1) is 28.3 Å². The zero-order valence-electron chi connectivity index (χ0n) is 20.4. The lowest BCUT2D eigenvalue weighted by Crippen LogP contribution is -2.35. The highest BCUT2D eigenvalue weighted by atomic mass is 32.2. The van der Waals surface area contributed by atoms with Gasteiger partial charge in [-0.05, 0) is 48.4 Å². The molecule has 0 radical (unpaired) electrons. The number of carbonyl (C=O) groups is 1. The Morgan fingerprint density at radius 3 is 2.57 bits per heavy atom. The SMILES string of the molecule is CCCCC1(C)CN(c2ccc(F)cc2)c2cc(SC)c(OCC(O)C(=O)OC)cc2S(=O)(=O)C1. The lowest BCUT2D eigenvalue weighted by atomic mass is 9.86. The van der Waals surface area contributed by atoms with Crippen molar-refractivity contribution < 1.29 is 32.2 Å². The van der Waals surface area contributed by atoms with E-state index in [1.807, 2.05) is 18.1 Å². The molecule has 0 aliphatic carbocycles. The Balaban J connectivity index is 2.14. The molecule has 1 heterocycles.